The van der Waals surface area contributed by atoms with Crippen LogP contribution in [0.25, 0.3) is 0 Å². The molecule has 1 atom stereocenters. The third kappa shape index (κ3) is 7.37. The summed E-state index contributed by atoms with van der Waals surface area (Å²) in [6.07, 6.45) is 6.30. The minimum Gasteiger partial charge on any atom is -0.490 e. The largest absolute Gasteiger partial charge is 0.490 e. The number of hydrogen-bond acceptors (Lipinski definition) is 3. The van der Waals surface area contributed by atoms with E-state index in [0.29, 0.717) is 19.3 Å². The van der Waals surface area contributed by atoms with Gasteiger partial charge in [0.25, 0.3) is 0 Å². The summed E-state index contributed by atoms with van der Waals surface area (Å²) in [7, 11) is 0. The van der Waals surface area contributed by atoms with Crippen LogP contribution >= 0.6 is 0 Å². The van der Waals surface area contributed by atoms with E-state index in [1.165, 1.54) is 32.1 Å². The van der Waals surface area contributed by atoms with Crippen LogP contribution in [0.1, 0.15) is 52.9 Å². The maximum absolute atomic E-state index is 5.84. The first-order chi connectivity index (χ1) is 10.3. The monoisotopic (exact) mass is 293 g/mol. The van der Waals surface area contributed by atoms with Gasteiger partial charge >= 0.3 is 0 Å². The fourth-order valence-electron chi connectivity index (χ4n) is 2.42. The van der Waals surface area contributed by atoms with E-state index in [4.69, 9.17) is 9.47 Å². The molecule has 1 N–H and O–H groups in total. The summed E-state index contributed by atoms with van der Waals surface area (Å²) in [6, 6.07) is 8.49. The lowest BCUT2D eigenvalue weighted by Gasteiger charge is -2.18. The van der Waals surface area contributed by atoms with Crippen molar-refractivity contribution in [1.82, 2.24) is 5.32 Å². The Balaban J connectivity index is 2.31. The standard InChI is InChI=1S/C18H31NO2/c1-4-7-11-16(10-5-2)19-14-15-21-18-13-9-8-12-17(18)20-6-3/h8-9,12-13,16,19H,4-7,10-11,14-15H2,1-3H3. The second kappa shape index (κ2) is 11.4. The van der Waals surface area contributed by atoms with Gasteiger partial charge < -0.3 is 14.8 Å². The Kier molecular flexibility index (Phi) is 9.71. The Morgan fingerprint density at radius 1 is 0.952 bits per heavy atom. The summed E-state index contributed by atoms with van der Waals surface area (Å²) in [5, 5.41) is 3.61. The molecule has 1 unspecified atom stereocenters. The highest BCUT2D eigenvalue weighted by Gasteiger charge is 2.07. The minimum atomic E-state index is 0.626. The lowest BCUT2D eigenvalue weighted by molar-refractivity contribution is 0.268. The zero-order chi connectivity index (χ0) is 15.3. The van der Waals surface area contributed by atoms with Crippen molar-refractivity contribution in [2.75, 3.05) is 19.8 Å². The zero-order valence-electron chi connectivity index (χ0n) is 13.9. The maximum atomic E-state index is 5.84. The van der Waals surface area contributed by atoms with Gasteiger partial charge in [-0.05, 0) is 31.9 Å². The van der Waals surface area contributed by atoms with Crippen molar-refractivity contribution in [3.63, 3.8) is 0 Å². The van der Waals surface area contributed by atoms with Crippen molar-refractivity contribution in [2.24, 2.45) is 0 Å². The topological polar surface area (TPSA) is 30.5 Å². The molecule has 3 nitrogen and oxygen atoms in total. The molecule has 1 rings (SSSR count). The van der Waals surface area contributed by atoms with Crippen molar-refractivity contribution in [2.45, 2.75) is 58.9 Å². The number of unbranched alkanes of at least 4 members (excludes halogenated alkanes) is 1. The van der Waals surface area contributed by atoms with Gasteiger partial charge in [-0.2, -0.15) is 0 Å². The molecule has 0 aromatic heterocycles. The van der Waals surface area contributed by atoms with Crippen molar-refractivity contribution in [1.29, 1.82) is 0 Å². The van der Waals surface area contributed by atoms with Crippen LogP contribution in [0.3, 0.4) is 0 Å². The molecule has 21 heavy (non-hydrogen) atoms. The van der Waals surface area contributed by atoms with E-state index in [-0.39, 0.29) is 0 Å². The molecule has 0 saturated heterocycles. The first-order valence-corrected chi connectivity index (χ1v) is 8.39. The number of nitrogens with one attached hydrogen (secondary N) is 1. The van der Waals surface area contributed by atoms with Crippen LogP contribution in [-0.2, 0) is 0 Å². The van der Waals surface area contributed by atoms with E-state index in [1.54, 1.807) is 0 Å². The Hall–Kier alpha value is -1.22. The Morgan fingerprint density at radius 2 is 1.67 bits per heavy atom. The second-order valence-electron chi connectivity index (χ2n) is 5.31. The molecule has 0 aliphatic rings. The van der Waals surface area contributed by atoms with Gasteiger partial charge in [0, 0.05) is 12.6 Å². The lowest BCUT2D eigenvalue weighted by atomic mass is 10.1. The first kappa shape index (κ1) is 17.8. The van der Waals surface area contributed by atoms with Crippen molar-refractivity contribution in [3.05, 3.63) is 24.3 Å². The Labute approximate surface area is 130 Å². The van der Waals surface area contributed by atoms with Crippen LogP contribution < -0.4 is 14.8 Å². The van der Waals surface area contributed by atoms with Crippen LogP contribution in [0.15, 0.2) is 24.3 Å². The van der Waals surface area contributed by atoms with Crippen molar-refractivity contribution < 1.29 is 9.47 Å². The summed E-state index contributed by atoms with van der Waals surface area (Å²) in [4.78, 5) is 0. The van der Waals surface area contributed by atoms with Gasteiger partial charge in [-0.1, -0.05) is 45.2 Å². The molecule has 0 spiro atoms. The highest BCUT2D eigenvalue weighted by atomic mass is 16.5. The summed E-state index contributed by atoms with van der Waals surface area (Å²) in [5.74, 6) is 1.66. The van der Waals surface area contributed by atoms with Gasteiger partial charge in [-0.25, -0.2) is 0 Å². The molecule has 0 aliphatic carbocycles. The number of para-hydroxylation sites is 2. The average molecular weight is 293 g/mol. The molecule has 0 fully saturated rings. The van der Waals surface area contributed by atoms with Crippen molar-refractivity contribution in [3.8, 4) is 11.5 Å². The minimum absolute atomic E-state index is 0.626. The summed E-state index contributed by atoms with van der Waals surface area (Å²) >= 11 is 0. The SMILES string of the molecule is CCCCC(CCC)NCCOc1ccccc1OCC. The Bertz CT molecular complexity index is 368. The Morgan fingerprint density at radius 3 is 2.29 bits per heavy atom. The van der Waals surface area contributed by atoms with Gasteiger partial charge in [-0.15, -0.1) is 0 Å². The summed E-state index contributed by atoms with van der Waals surface area (Å²) in [6.45, 7) is 8.70. The molecule has 1 aromatic rings. The van der Waals surface area contributed by atoms with E-state index in [1.807, 2.05) is 31.2 Å². The summed E-state index contributed by atoms with van der Waals surface area (Å²) in [5.41, 5.74) is 0. The molecule has 0 radical (unpaired) electrons. The van der Waals surface area contributed by atoms with E-state index in [9.17, 15) is 0 Å². The molecule has 3 heteroatoms. The molecule has 0 heterocycles. The van der Waals surface area contributed by atoms with E-state index in [2.05, 4.69) is 19.2 Å². The first-order valence-electron chi connectivity index (χ1n) is 8.39. The molecule has 0 bridgehead atoms. The molecule has 120 valence electrons. The quantitative estimate of drug-likeness (QED) is 0.579. The highest BCUT2D eigenvalue weighted by molar-refractivity contribution is 5.39. The number of hydrogen-bond donors (Lipinski definition) is 1. The molecule has 0 aliphatic heterocycles. The highest BCUT2D eigenvalue weighted by Crippen LogP contribution is 2.26. The third-order valence-corrected chi connectivity index (χ3v) is 3.48. The maximum Gasteiger partial charge on any atom is 0.161 e. The second-order valence-corrected chi connectivity index (χ2v) is 5.31. The van der Waals surface area contributed by atoms with Crippen LogP contribution in [0.2, 0.25) is 0 Å². The lowest BCUT2D eigenvalue weighted by Crippen LogP contribution is -2.32. The molecule has 1 aromatic carbocycles. The van der Waals surface area contributed by atoms with Crippen molar-refractivity contribution >= 4 is 0 Å². The van der Waals surface area contributed by atoms with Gasteiger partial charge in [0.15, 0.2) is 11.5 Å². The van der Waals surface area contributed by atoms with E-state index >= 15 is 0 Å². The van der Waals surface area contributed by atoms with E-state index < -0.39 is 0 Å². The smallest absolute Gasteiger partial charge is 0.161 e. The van der Waals surface area contributed by atoms with Crippen LogP contribution in [0.5, 0.6) is 11.5 Å². The fourth-order valence-corrected chi connectivity index (χ4v) is 2.42. The number of benzene rings is 1. The van der Waals surface area contributed by atoms with Gasteiger partial charge in [0.2, 0.25) is 0 Å². The number of rotatable bonds is 12. The molecular weight excluding hydrogens is 262 g/mol. The summed E-state index contributed by atoms with van der Waals surface area (Å²) < 4.78 is 11.4. The van der Waals surface area contributed by atoms with E-state index in [0.717, 1.165) is 18.0 Å². The zero-order valence-corrected chi connectivity index (χ0v) is 13.9. The molecular formula is C18H31NO2. The van der Waals surface area contributed by atoms with Crippen LogP contribution in [0.4, 0.5) is 0 Å². The number of ether oxygens (including phenoxy) is 2. The predicted octanol–water partition coefficient (Wildman–Crippen LogP) is 4.41. The van der Waals surface area contributed by atoms with Gasteiger partial charge in [0.05, 0.1) is 6.61 Å². The van der Waals surface area contributed by atoms with Gasteiger partial charge in [-0.3, -0.25) is 0 Å². The molecule has 0 saturated carbocycles. The normalized spacial score (nSPS) is 12.1. The van der Waals surface area contributed by atoms with Crippen LogP contribution in [-0.4, -0.2) is 25.8 Å². The average Bonchev–Trinajstić information content (AvgIpc) is 2.50. The van der Waals surface area contributed by atoms with Crippen LogP contribution in [0, 0.1) is 0 Å². The molecule has 0 amide bonds. The fraction of sp³-hybridized carbons (Fsp3) is 0.667. The third-order valence-electron chi connectivity index (χ3n) is 3.48. The predicted molar refractivity (Wildman–Crippen MR) is 89.3 cm³/mol. The van der Waals surface area contributed by atoms with Gasteiger partial charge in [0.1, 0.15) is 6.61 Å².